The second kappa shape index (κ2) is 13.8. The lowest BCUT2D eigenvalue weighted by atomic mass is 9.67. The number of hydrogen-bond acceptors (Lipinski definition) is 1. The molecular formula is C56H47N4+. The molecular weight excluding hydrogens is 729 g/mol. The first-order chi connectivity index (χ1) is 29.3. The number of para-hydroxylation sites is 3. The third-order valence-corrected chi connectivity index (χ3v) is 13.1. The summed E-state index contributed by atoms with van der Waals surface area (Å²) >= 11 is 0. The van der Waals surface area contributed by atoms with Gasteiger partial charge in [-0.1, -0.05) is 149 Å². The van der Waals surface area contributed by atoms with Gasteiger partial charge in [0.15, 0.2) is 11.0 Å². The van der Waals surface area contributed by atoms with Gasteiger partial charge in [-0.3, -0.25) is 4.57 Å². The van der Waals surface area contributed by atoms with Gasteiger partial charge in [0, 0.05) is 17.0 Å². The van der Waals surface area contributed by atoms with Gasteiger partial charge in [-0.2, -0.15) is 4.57 Å². The van der Waals surface area contributed by atoms with Crippen LogP contribution in [0.3, 0.4) is 0 Å². The summed E-state index contributed by atoms with van der Waals surface area (Å²) in [6.07, 6.45) is 4.19. The Labute approximate surface area is 351 Å². The molecule has 60 heavy (non-hydrogen) atoms. The number of aryl methyl sites for hydroxylation is 1. The maximum Gasteiger partial charge on any atom is 0.249 e. The molecule has 0 atom stereocenters. The molecule has 1 aliphatic rings. The molecule has 0 amide bonds. The van der Waals surface area contributed by atoms with Gasteiger partial charge in [0.2, 0.25) is 6.33 Å². The van der Waals surface area contributed by atoms with E-state index in [0.29, 0.717) is 11.8 Å². The fraction of sp³-hybridized carbons (Fsp3) is 0.143. The van der Waals surface area contributed by atoms with E-state index in [2.05, 4.69) is 225 Å². The fourth-order valence-electron chi connectivity index (χ4n) is 10.4. The van der Waals surface area contributed by atoms with E-state index in [1.165, 1.54) is 77.4 Å². The van der Waals surface area contributed by atoms with Crippen LogP contribution in [0.5, 0.6) is 0 Å². The molecule has 7 aromatic carbocycles. The van der Waals surface area contributed by atoms with E-state index in [9.17, 15) is 0 Å². The van der Waals surface area contributed by atoms with Crippen LogP contribution in [0.4, 0.5) is 0 Å². The lowest BCUT2D eigenvalue weighted by molar-refractivity contribution is -0.645. The SMILES string of the molecule is CC(C)c1cccc(C(C)C)c1-c1ccnc(-n2c3ccccc3c3ccc(C4(c5cccc(-n6c[n+](C)c7ccccc76)c5)c5ccccc5-c5ccccc54)cc32)c1. The van der Waals surface area contributed by atoms with Gasteiger partial charge in [-0.25, -0.2) is 9.55 Å². The number of aromatic nitrogens is 4. The Morgan fingerprint density at radius 1 is 0.533 bits per heavy atom. The van der Waals surface area contributed by atoms with Crippen LogP contribution < -0.4 is 4.57 Å². The van der Waals surface area contributed by atoms with E-state index < -0.39 is 5.41 Å². The minimum atomic E-state index is -0.596. The maximum atomic E-state index is 5.16. The topological polar surface area (TPSA) is 26.6 Å². The monoisotopic (exact) mass is 775 g/mol. The van der Waals surface area contributed by atoms with Crippen molar-refractivity contribution in [1.82, 2.24) is 14.1 Å². The van der Waals surface area contributed by atoms with Crippen LogP contribution in [0, 0.1) is 0 Å². The molecule has 0 N–H and O–H groups in total. The number of pyridine rings is 1. The molecule has 290 valence electrons. The van der Waals surface area contributed by atoms with E-state index >= 15 is 0 Å². The summed E-state index contributed by atoms with van der Waals surface area (Å²) in [7, 11) is 2.12. The molecule has 0 spiro atoms. The van der Waals surface area contributed by atoms with Crippen molar-refractivity contribution in [1.29, 1.82) is 0 Å². The predicted octanol–water partition coefficient (Wildman–Crippen LogP) is 13.2. The Morgan fingerprint density at radius 3 is 1.88 bits per heavy atom. The third-order valence-electron chi connectivity index (χ3n) is 13.1. The van der Waals surface area contributed by atoms with Crippen LogP contribution >= 0.6 is 0 Å². The zero-order chi connectivity index (χ0) is 40.7. The molecule has 3 heterocycles. The van der Waals surface area contributed by atoms with Crippen LogP contribution in [-0.4, -0.2) is 14.1 Å². The number of nitrogens with zero attached hydrogens (tertiary/aromatic N) is 4. The molecule has 3 aromatic heterocycles. The standard InChI is InChI=1S/C56H47N4/c1-36(2)42-21-15-22-43(37(3)4)55(42)38-30-31-57-54(32-38)60-50-25-11-8-20-46(50)47-29-28-40(34-53(47)60)56(48-23-9-6-18-44(48)45-19-7-10-24-49(45)56)39-16-14-17-41(33-39)59-35-58(5)51-26-12-13-27-52(51)59/h6-37H,1-5H3/q+1. The maximum absolute atomic E-state index is 5.16. The smallest absolute Gasteiger partial charge is 0.249 e. The van der Waals surface area contributed by atoms with Gasteiger partial charge in [0.25, 0.3) is 0 Å². The molecule has 4 nitrogen and oxygen atoms in total. The zero-order valence-corrected chi connectivity index (χ0v) is 34.8. The average molecular weight is 776 g/mol. The highest BCUT2D eigenvalue weighted by Gasteiger charge is 2.46. The van der Waals surface area contributed by atoms with Crippen molar-refractivity contribution in [3.05, 3.63) is 216 Å². The van der Waals surface area contributed by atoms with Gasteiger partial charge in [0.1, 0.15) is 11.5 Å². The summed E-state index contributed by atoms with van der Waals surface area (Å²) in [5, 5.41) is 2.43. The quantitative estimate of drug-likeness (QED) is 0.148. The van der Waals surface area contributed by atoms with Crippen molar-refractivity contribution in [2.45, 2.75) is 44.9 Å². The van der Waals surface area contributed by atoms with E-state index in [4.69, 9.17) is 4.98 Å². The van der Waals surface area contributed by atoms with Gasteiger partial charge in [-0.05, 0) is 116 Å². The summed E-state index contributed by atoms with van der Waals surface area (Å²) in [5.74, 6) is 1.69. The van der Waals surface area contributed by atoms with Crippen molar-refractivity contribution < 1.29 is 4.57 Å². The van der Waals surface area contributed by atoms with E-state index in [0.717, 1.165) is 22.5 Å². The molecule has 0 aliphatic heterocycles. The number of benzene rings is 7. The minimum Gasteiger partial charge on any atom is -0.294 e. The van der Waals surface area contributed by atoms with Crippen LogP contribution in [0.25, 0.3) is 66.6 Å². The summed E-state index contributed by atoms with van der Waals surface area (Å²) in [5.41, 5.74) is 18.0. The lowest BCUT2D eigenvalue weighted by Crippen LogP contribution is -2.29. The molecule has 0 saturated carbocycles. The highest BCUT2D eigenvalue weighted by Crippen LogP contribution is 2.56. The molecule has 0 radical (unpaired) electrons. The first-order valence-corrected chi connectivity index (χ1v) is 21.2. The highest BCUT2D eigenvalue weighted by atomic mass is 15.1. The Bertz CT molecular complexity index is 3230. The molecule has 11 rings (SSSR count). The molecule has 0 saturated heterocycles. The number of imidazole rings is 1. The van der Waals surface area contributed by atoms with Gasteiger partial charge >= 0.3 is 0 Å². The minimum absolute atomic E-state index is 0.386. The second-order valence-electron chi connectivity index (χ2n) is 17.1. The van der Waals surface area contributed by atoms with Gasteiger partial charge in [-0.15, -0.1) is 0 Å². The van der Waals surface area contributed by atoms with Crippen molar-refractivity contribution in [3.63, 3.8) is 0 Å². The molecule has 1 aliphatic carbocycles. The summed E-state index contributed by atoms with van der Waals surface area (Å²) in [4.78, 5) is 5.16. The van der Waals surface area contributed by atoms with E-state index in [1.54, 1.807) is 0 Å². The van der Waals surface area contributed by atoms with Crippen LogP contribution in [-0.2, 0) is 12.5 Å². The van der Waals surface area contributed by atoms with Crippen LogP contribution in [0.15, 0.2) is 182 Å². The van der Waals surface area contributed by atoms with E-state index in [-0.39, 0.29) is 0 Å². The summed E-state index contributed by atoms with van der Waals surface area (Å²) in [6, 6.07) is 63.2. The number of hydrogen-bond donors (Lipinski definition) is 0. The normalized spacial score (nSPS) is 13.2. The molecule has 4 heteroatoms. The Morgan fingerprint density at radius 2 is 1.15 bits per heavy atom. The molecule has 0 bridgehead atoms. The van der Waals surface area contributed by atoms with Crippen molar-refractivity contribution in [3.8, 4) is 33.8 Å². The van der Waals surface area contributed by atoms with E-state index in [1.807, 2.05) is 6.20 Å². The zero-order valence-electron chi connectivity index (χ0n) is 34.8. The number of rotatable bonds is 7. The highest BCUT2D eigenvalue weighted by molar-refractivity contribution is 6.09. The fourth-order valence-corrected chi connectivity index (χ4v) is 10.4. The van der Waals surface area contributed by atoms with Crippen molar-refractivity contribution >= 4 is 32.8 Å². The van der Waals surface area contributed by atoms with Crippen molar-refractivity contribution in [2.75, 3.05) is 0 Å². The summed E-state index contributed by atoms with van der Waals surface area (Å²) < 4.78 is 6.92. The Balaban J connectivity index is 1.20. The predicted molar refractivity (Wildman–Crippen MR) is 248 cm³/mol. The summed E-state index contributed by atoms with van der Waals surface area (Å²) in [6.45, 7) is 9.19. The molecule has 0 unspecified atom stereocenters. The average Bonchev–Trinajstić information content (AvgIpc) is 3.91. The van der Waals surface area contributed by atoms with Crippen LogP contribution in [0.1, 0.15) is 72.9 Å². The first kappa shape index (κ1) is 36.1. The van der Waals surface area contributed by atoms with Crippen molar-refractivity contribution in [2.24, 2.45) is 7.05 Å². The Kier molecular flexibility index (Phi) is 8.28. The first-order valence-electron chi connectivity index (χ1n) is 21.2. The largest absolute Gasteiger partial charge is 0.294 e. The van der Waals surface area contributed by atoms with Crippen LogP contribution in [0.2, 0.25) is 0 Å². The van der Waals surface area contributed by atoms with Gasteiger partial charge in [0.05, 0.1) is 23.5 Å². The Hall–Kier alpha value is -7.04. The van der Waals surface area contributed by atoms with Gasteiger partial charge < -0.3 is 0 Å². The lowest BCUT2D eigenvalue weighted by Gasteiger charge is -2.34. The second-order valence-corrected chi connectivity index (χ2v) is 17.1. The molecule has 0 fully saturated rings. The third kappa shape index (κ3) is 5.23. The molecule has 10 aromatic rings. The number of fused-ring (bicyclic) bond motifs is 7.